The molecule has 5 nitrogen and oxygen atoms in total. The maximum atomic E-state index is 11.7. The van der Waals surface area contributed by atoms with Crippen LogP contribution in [0.2, 0.25) is 0 Å². The largest absolute Gasteiger partial charge is 0.462 e. The first-order chi connectivity index (χ1) is 8.95. The van der Waals surface area contributed by atoms with E-state index in [0.717, 1.165) is 0 Å². The summed E-state index contributed by atoms with van der Waals surface area (Å²) >= 11 is 0. The van der Waals surface area contributed by atoms with Crippen LogP contribution in [0.3, 0.4) is 0 Å². The molecule has 3 N–H and O–H groups in total. The summed E-state index contributed by atoms with van der Waals surface area (Å²) in [6.45, 7) is 5.85. The summed E-state index contributed by atoms with van der Waals surface area (Å²) in [7, 11) is 0. The Hall–Kier alpha value is -1.59. The fraction of sp³-hybridized carbons (Fsp3) is 0.429. The first-order valence-corrected chi connectivity index (χ1v) is 6.29. The Morgan fingerprint density at radius 3 is 2.25 bits per heavy atom. The van der Waals surface area contributed by atoms with E-state index >= 15 is 0 Å². The summed E-state index contributed by atoms with van der Waals surface area (Å²) < 4.78 is 4.87. The summed E-state index contributed by atoms with van der Waals surface area (Å²) in [4.78, 5) is 23.2. The van der Waals surface area contributed by atoms with E-state index in [9.17, 15) is 9.59 Å². The van der Waals surface area contributed by atoms with Crippen molar-refractivity contribution >= 4 is 30.0 Å². The quantitative estimate of drug-likeness (QED) is 0.817. The van der Waals surface area contributed by atoms with Gasteiger partial charge in [-0.15, -0.1) is 12.4 Å². The molecule has 0 aliphatic carbocycles. The number of hydrogen-bond donors (Lipinski definition) is 2. The van der Waals surface area contributed by atoms with Gasteiger partial charge in [-0.3, -0.25) is 4.79 Å². The predicted octanol–water partition coefficient (Wildman–Crippen LogP) is 2.21. The predicted molar refractivity (Wildman–Crippen MR) is 81.1 cm³/mol. The van der Waals surface area contributed by atoms with Crippen molar-refractivity contribution in [3.8, 4) is 0 Å². The Labute approximate surface area is 125 Å². The summed E-state index contributed by atoms with van der Waals surface area (Å²) in [5.41, 5.74) is 6.80. The van der Waals surface area contributed by atoms with Crippen LogP contribution < -0.4 is 11.1 Å². The van der Waals surface area contributed by atoms with E-state index in [-0.39, 0.29) is 30.2 Å². The molecule has 6 heteroatoms. The minimum atomic E-state index is -0.551. The summed E-state index contributed by atoms with van der Waals surface area (Å²) in [6, 6.07) is 5.96. The Bertz CT molecular complexity index is 446. The highest BCUT2D eigenvalue weighted by molar-refractivity contribution is 5.95. The van der Waals surface area contributed by atoms with Crippen LogP contribution in [-0.2, 0) is 9.53 Å². The third-order valence-corrected chi connectivity index (χ3v) is 2.68. The molecular weight excluding hydrogens is 280 g/mol. The van der Waals surface area contributed by atoms with E-state index in [1.807, 2.05) is 13.8 Å². The van der Waals surface area contributed by atoms with Crippen LogP contribution in [0.5, 0.6) is 0 Å². The van der Waals surface area contributed by atoms with Crippen LogP contribution in [0, 0.1) is 5.92 Å². The van der Waals surface area contributed by atoms with Gasteiger partial charge in [0, 0.05) is 5.69 Å². The van der Waals surface area contributed by atoms with Gasteiger partial charge < -0.3 is 15.8 Å². The summed E-state index contributed by atoms with van der Waals surface area (Å²) in [5.74, 6) is -0.544. The number of esters is 1. The SMILES string of the molecule is CCOC(=O)c1ccc(NC(=O)C(N)C(C)C)cc1.Cl. The number of anilines is 1. The first kappa shape index (κ1) is 18.4. The number of hydrogen-bond acceptors (Lipinski definition) is 4. The molecule has 0 radical (unpaired) electrons. The second-order valence-electron chi connectivity index (χ2n) is 4.56. The second kappa shape index (κ2) is 8.55. The molecule has 0 fully saturated rings. The van der Waals surface area contributed by atoms with E-state index in [1.54, 1.807) is 31.2 Å². The van der Waals surface area contributed by atoms with Crippen molar-refractivity contribution in [1.29, 1.82) is 0 Å². The lowest BCUT2D eigenvalue weighted by molar-refractivity contribution is -0.118. The average molecular weight is 301 g/mol. The lowest BCUT2D eigenvalue weighted by Crippen LogP contribution is -2.39. The molecule has 0 aliphatic rings. The molecule has 0 aliphatic heterocycles. The molecule has 0 heterocycles. The fourth-order valence-electron chi connectivity index (χ4n) is 1.43. The maximum absolute atomic E-state index is 11.7. The number of rotatable bonds is 5. The minimum absolute atomic E-state index is 0. The van der Waals surface area contributed by atoms with Gasteiger partial charge in [0.2, 0.25) is 5.91 Å². The van der Waals surface area contributed by atoms with Crippen molar-refractivity contribution in [3.05, 3.63) is 29.8 Å². The van der Waals surface area contributed by atoms with E-state index in [1.165, 1.54) is 0 Å². The molecule has 112 valence electrons. The summed E-state index contributed by atoms with van der Waals surface area (Å²) in [6.07, 6.45) is 0. The van der Waals surface area contributed by atoms with Gasteiger partial charge in [0.1, 0.15) is 0 Å². The number of carbonyl (C=O) groups is 2. The third-order valence-electron chi connectivity index (χ3n) is 2.68. The molecule has 1 aromatic carbocycles. The zero-order valence-electron chi connectivity index (χ0n) is 11.9. The molecule has 0 bridgehead atoms. The van der Waals surface area contributed by atoms with Crippen molar-refractivity contribution < 1.29 is 14.3 Å². The van der Waals surface area contributed by atoms with Crippen molar-refractivity contribution in [2.75, 3.05) is 11.9 Å². The van der Waals surface area contributed by atoms with Gasteiger partial charge in [-0.25, -0.2) is 4.79 Å². The molecule has 1 aromatic rings. The smallest absolute Gasteiger partial charge is 0.338 e. The van der Waals surface area contributed by atoms with E-state index in [4.69, 9.17) is 10.5 Å². The highest BCUT2D eigenvalue weighted by atomic mass is 35.5. The van der Waals surface area contributed by atoms with Crippen LogP contribution in [-0.4, -0.2) is 24.5 Å². The van der Waals surface area contributed by atoms with Gasteiger partial charge in [-0.05, 0) is 37.1 Å². The van der Waals surface area contributed by atoms with Crippen molar-refractivity contribution in [1.82, 2.24) is 0 Å². The Morgan fingerprint density at radius 2 is 1.80 bits per heavy atom. The zero-order valence-corrected chi connectivity index (χ0v) is 12.7. The van der Waals surface area contributed by atoms with Crippen LogP contribution in [0.1, 0.15) is 31.1 Å². The van der Waals surface area contributed by atoms with Gasteiger partial charge in [0.25, 0.3) is 0 Å². The van der Waals surface area contributed by atoms with Gasteiger partial charge in [-0.1, -0.05) is 13.8 Å². The standard InChI is InChI=1S/C14H20N2O3.ClH/c1-4-19-14(18)10-5-7-11(8-6-10)16-13(17)12(15)9(2)3;/h5-9,12H,4,15H2,1-3H3,(H,16,17);1H. The van der Waals surface area contributed by atoms with E-state index in [0.29, 0.717) is 17.9 Å². The maximum Gasteiger partial charge on any atom is 0.338 e. The highest BCUT2D eigenvalue weighted by Gasteiger charge is 2.17. The van der Waals surface area contributed by atoms with Crippen molar-refractivity contribution in [2.24, 2.45) is 11.7 Å². The molecule has 1 atom stereocenters. The third kappa shape index (κ3) is 5.19. The van der Waals surface area contributed by atoms with E-state index in [2.05, 4.69) is 5.32 Å². The zero-order chi connectivity index (χ0) is 14.4. The monoisotopic (exact) mass is 300 g/mol. The molecule has 0 saturated heterocycles. The molecule has 1 amide bonds. The fourth-order valence-corrected chi connectivity index (χ4v) is 1.43. The van der Waals surface area contributed by atoms with Crippen molar-refractivity contribution in [3.63, 3.8) is 0 Å². The number of halogens is 1. The lowest BCUT2D eigenvalue weighted by Gasteiger charge is -2.15. The molecule has 1 rings (SSSR count). The highest BCUT2D eigenvalue weighted by Crippen LogP contribution is 2.11. The van der Waals surface area contributed by atoms with Crippen LogP contribution in [0.15, 0.2) is 24.3 Å². The summed E-state index contributed by atoms with van der Waals surface area (Å²) in [5, 5.41) is 2.71. The molecule has 1 unspecified atom stereocenters. The van der Waals surface area contributed by atoms with Crippen molar-refractivity contribution in [2.45, 2.75) is 26.8 Å². The molecule has 0 spiro atoms. The number of amides is 1. The minimum Gasteiger partial charge on any atom is -0.462 e. The van der Waals surface area contributed by atoms with Gasteiger partial charge in [-0.2, -0.15) is 0 Å². The Morgan fingerprint density at radius 1 is 1.25 bits per heavy atom. The first-order valence-electron chi connectivity index (χ1n) is 6.29. The van der Waals surface area contributed by atoms with Gasteiger partial charge in [0.15, 0.2) is 0 Å². The average Bonchev–Trinajstić information content (AvgIpc) is 2.38. The number of ether oxygens (including phenoxy) is 1. The van der Waals surface area contributed by atoms with Crippen LogP contribution >= 0.6 is 12.4 Å². The second-order valence-corrected chi connectivity index (χ2v) is 4.56. The lowest BCUT2D eigenvalue weighted by atomic mass is 10.0. The van der Waals surface area contributed by atoms with Crippen LogP contribution in [0.25, 0.3) is 0 Å². The number of nitrogens with one attached hydrogen (secondary N) is 1. The van der Waals surface area contributed by atoms with Gasteiger partial charge in [0.05, 0.1) is 18.2 Å². The number of carbonyl (C=O) groups excluding carboxylic acids is 2. The number of nitrogens with two attached hydrogens (primary N) is 1. The van der Waals surface area contributed by atoms with E-state index < -0.39 is 6.04 Å². The molecule has 0 aromatic heterocycles. The van der Waals surface area contributed by atoms with Crippen LogP contribution in [0.4, 0.5) is 5.69 Å². The molecule has 20 heavy (non-hydrogen) atoms. The number of benzene rings is 1. The van der Waals surface area contributed by atoms with Gasteiger partial charge >= 0.3 is 5.97 Å². The normalized spacial score (nSPS) is 11.4. The molecule has 0 saturated carbocycles. The topological polar surface area (TPSA) is 81.4 Å². The Kier molecular flexibility index (Phi) is 7.87. The molecular formula is C14H21ClN2O3. The Balaban J connectivity index is 0.00000361.